The topological polar surface area (TPSA) is 58.6 Å². The fourth-order valence-corrected chi connectivity index (χ4v) is 2.61. The summed E-state index contributed by atoms with van der Waals surface area (Å²) in [5, 5.41) is 10.9. The van der Waals surface area contributed by atoms with Crippen LogP contribution in [0.25, 0.3) is 11.1 Å². The molecule has 1 atom stereocenters. The highest BCUT2D eigenvalue weighted by Crippen LogP contribution is 2.40. The average Bonchev–Trinajstić information content (AvgIpc) is 2.88. The highest BCUT2D eigenvalue weighted by atomic mass is 19.1. The third kappa shape index (κ3) is 2.59. The summed E-state index contributed by atoms with van der Waals surface area (Å²) in [5.74, 6) is -0.920. The van der Waals surface area contributed by atoms with E-state index in [1.807, 2.05) is 0 Å². The number of rotatable bonds is 3. The Morgan fingerprint density at radius 1 is 1.23 bits per heavy atom. The number of carbonyl (C=O) groups is 1. The number of hydrogen-bond acceptors (Lipinski definition) is 2. The van der Waals surface area contributed by atoms with E-state index in [2.05, 4.69) is 5.32 Å². The number of fused-ring (bicyclic) bond motifs is 1. The molecule has 0 radical (unpaired) electrons. The number of halogens is 2. The molecule has 2 aromatic carbocycles. The van der Waals surface area contributed by atoms with E-state index in [0.717, 1.165) is 5.56 Å². The van der Waals surface area contributed by atoms with Crippen LogP contribution in [0.3, 0.4) is 0 Å². The van der Waals surface area contributed by atoms with Crippen LogP contribution in [0.15, 0.2) is 36.4 Å². The maximum absolute atomic E-state index is 14.0. The van der Waals surface area contributed by atoms with Gasteiger partial charge in [-0.1, -0.05) is 24.3 Å². The maximum Gasteiger partial charge on any atom is 0.404 e. The van der Waals surface area contributed by atoms with Gasteiger partial charge in [0, 0.05) is 12.0 Å². The molecule has 1 aliphatic heterocycles. The number of carboxylic acid groups (broad SMARTS) is 1. The number of hydrogen-bond donors (Lipinski definition) is 2. The van der Waals surface area contributed by atoms with Gasteiger partial charge < -0.3 is 15.2 Å². The van der Waals surface area contributed by atoms with E-state index < -0.39 is 17.7 Å². The second kappa shape index (κ2) is 5.63. The molecular formula is C16H13F2NO3. The van der Waals surface area contributed by atoms with Crippen molar-refractivity contribution in [2.75, 3.05) is 6.54 Å². The quantitative estimate of drug-likeness (QED) is 0.915. The highest BCUT2D eigenvalue weighted by molar-refractivity contribution is 5.74. The van der Waals surface area contributed by atoms with Crippen molar-refractivity contribution in [2.24, 2.45) is 0 Å². The van der Waals surface area contributed by atoms with Crippen molar-refractivity contribution >= 4 is 6.09 Å². The van der Waals surface area contributed by atoms with Gasteiger partial charge >= 0.3 is 6.09 Å². The molecule has 0 saturated heterocycles. The third-order valence-electron chi connectivity index (χ3n) is 3.54. The highest BCUT2D eigenvalue weighted by Gasteiger charge is 2.27. The van der Waals surface area contributed by atoms with Gasteiger partial charge in [0.2, 0.25) is 0 Å². The van der Waals surface area contributed by atoms with Gasteiger partial charge in [0.15, 0.2) is 0 Å². The van der Waals surface area contributed by atoms with Crippen LogP contribution in [0.5, 0.6) is 5.75 Å². The molecule has 0 aromatic heterocycles. The van der Waals surface area contributed by atoms with Crippen molar-refractivity contribution in [3.8, 4) is 16.9 Å². The largest absolute Gasteiger partial charge is 0.487 e. The van der Waals surface area contributed by atoms with E-state index >= 15 is 0 Å². The molecule has 0 aliphatic carbocycles. The lowest BCUT2D eigenvalue weighted by Crippen LogP contribution is -2.33. The lowest BCUT2D eigenvalue weighted by molar-refractivity contribution is 0.181. The van der Waals surface area contributed by atoms with Crippen LogP contribution < -0.4 is 10.1 Å². The predicted octanol–water partition coefficient (Wildman–Crippen LogP) is 3.20. The van der Waals surface area contributed by atoms with Crippen LogP contribution in [0, 0.1) is 11.6 Å². The molecule has 2 N–H and O–H groups in total. The van der Waals surface area contributed by atoms with Gasteiger partial charge in [0.05, 0.1) is 12.1 Å². The van der Waals surface area contributed by atoms with E-state index in [9.17, 15) is 13.6 Å². The molecule has 6 heteroatoms. The molecule has 2 aromatic rings. The van der Waals surface area contributed by atoms with Crippen LogP contribution in [-0.2, 0) is 6.42 Å². The minimum Gasteiger partial charge on any atom is -0.487 e. The Kier molecular flexibility index (Phi) is 3.66. The molecule has 1 heterocycles. The van der Waals surface area contributed by atoms with Crippen molar-refractivity contribution in [3.63, 3.8) is 0 Å². The Balaban J connectivity index is 1.95. The van der Waals surface area contributed by atoms with Crippen LogP contribution >= 0.6 is 0 Å². The van der Waals surface area contributed by atoms with Gasteiger partial charge in [-0.25, -0.2) is 13.6 Å². The molecule has 114 valence electrons. The minimum absolute atomic E-state index is 0.114. The molecule has 0 saturated carbocycles. The molecule has 0 spiro atoms. The minimum atomic E-state index is -1.14. The first kappa shape index (κ1) is 14.3. The molecular weight excluding hydrogens is 292 g/mol. The summed E-state index contributed by atoms with van der Waals surface area (Å²) in [6, 6.07) is 8.78. The lowest BCUT2D eigenvalue weighted by Gasteiger charge is -2.13. The Morgan fingerprint density at radius 2 is 1.91 bits per heavy atom. The van der Waals surface area contributed by atoms with Crippen LogP contribution in [-0.4, -0.2) is 23.8 Å². The molecule has 0 fully saturated rings. The second-order valence-corrected chi connectivity index (χ2v) is 5.02. The molecule has 4 nitrogen and oxygen atoms in total. The number of nitrogens with one attached hydrogen (secondary N) is 1. The summed E-state index contributed by atoms with van der Waals surface area (Å²) in [4.78, 5) is 10.5. The summed E-state index contributed by atoms with van der Waals surface area (Å²) in [5.41, 5.74) is 1.01. The van der Waals surface area contributed by atoms with Crippen molar-refractivity contribution < 1.29 is 23.4 Å². The lowest BCUT2D eigenvalue weighted by atomic mass is 9.99. The van der Waals surface area contributed by atoms with E-state index in [-0.39, 0.29) is 18.2 Å². The van der Waals surface area contributed by atoms with Crippen molar-refractivity contribution in [2.45, 2.75) is 12.5 Å². The standard InChI is InChI=1S/C16H13F2NO3/c17-12-5-2-6-13(18)14(12)11-4-1-3-9-7-10(22-15(9)11)8-19-16(20)21/h1-6,10,19H,7-8H2,(H,20,21). The predicted molar refractivity (Wildman–Crippen MR) is 75.9 cm³/mol. The van der Waals surface area contributed by atoms with Crippen molar-refractivity contribution in [1.82, 2.24) is 5.32 Å². The Labute approximate surface area is 125 Å². The summed E-state index contributed by atoms with van der Waals surface area (Å²) in [7, 11) is 0. The zero-order valence-corrected chi connectivity index (χ0v) is 11.5. The Bertz CT molecular complexity index is 713. The second-order valence-electron chi connectivity index (χ2n) is 5.02. The SMILES string of the molecule is O=C(O)NCC1Cc2cccc(-c3c(F)cccc3F)c2O1. The molecule has 0 bridgehead atoms. The van der Waals surface area contributed by atoms with Gasteiger partial charge in [0.1, 0.15) is 23.5 Å². The molecule has 3 rings (SSSR count). The maximum atomic E-state index is 14.0. The first-order valence-corrected chi connectivity index (χ1v) is 6.76. The number of para-hydroxylation sites is 1. The van der Waals surface area contributed by atoms with E-state index in [1.165, 1.54) is 18.2 Å². The van der Waals surface area contributed by atoms with Crippen molar-refractivity contribution in [3.05, 3.63) is 53.6 Å². The molecule has 1 aliphatic rings. The zero-order chi connectivity index (χ0) is 15.7. The molecule has 22 heavy (non-hydrogen) atoms. The van der Waals surface area contributed by atoms with Gasteiger partial charge in [-0.05, 0) is 17.7 Å². The van der Waals surface area contributed by atoms with Gasteiger partial charge in [-0.15, -0.1) is 0 Å². The van der Waals surface area contributed by atoms with E-state index in [4.69, 9.17) is 9.84 Å². The zero-order valence-electron chi connectivity index (χ0n) is 11.5. The smallest absolute Gasteiger partial charge is 0.404 e. The van der Waals surface area contributed by atoms with Gasteiger partial charge in [-0.2, -0.15) is 0 Å². The first-order chi connectivity index (χ1) is 10.6. The Morgan fingerprint density at radius 3 is 2.59 bits per heavy atom. The molecule has 1 amide bonds. The summed E-state index contributed by atoms with van der Waals surface area (Å²) >= 11 is 0. The summed E-state index contributed by atoms with van der Waals surface area (Å²) in [6.07, 6.45) is -1.04. The monoisotopic (exact) mass is 305 g/mol. The number of amides is 1. The van der Waals surface area contributed by atoms with Gasteiger partial charge in [0.25, 0.3) is 0 Å². The summed E-state index contributed by atoms with van der Waals surface area (Å²) < 4.78 is 33.6. The van der Waals surface area contributed by atoms with Crippen LogP contribution in [0.2, 0.25) is 0 Å². The van der Waals surface area contributed by atoms with Crippen molar-refractivity contribution in [1.29, 1.82) is 0 Å². The van der Waals surface area contributed by atoms with Crippen LogP contribution in [0.4, 0.5) is 13.6 Å². The Hall–Kier alpha value is -2.63. The van der Waals surface area contributed by atoms with E-state index in [1.54, 1.807) is 18.2 Å². The molecule has 1 unspecified atom stereocenters. The summed E-state index contributed by atoms with van der Waals surface area (Å²) in [6.45, 7) is 0.114. The fourth-order valence-electron chi connectivity index (χ4n) is 2.61. The van der Waals surface area contributed by atoms with Crippen LogP contribution in [0.1, 0.15) is 5.56 Å². The average molecular weight is 305 g/mol. The fraction of sp³-hybridized carbons (Fsp3) is 0.188. The van der Waals surface area contributed by atoms with E-state index in [0.29, 0.717) is 17.7 Å². The third-order valence-corrected chi connectivity index (χ3v) is 3.54. The number of benzene rings is 2. The normalized spacial score (nSPS) is 16.0. The first-order valence-electron chi connectivity index (χ1n) is 6.76. The number of ether oxygens (including phenoxy) is 1. The van der Waals surface area contributed by atoms with Gasteiger partial charge in [-0.3, -0.25) is 0 Å².